The highest BCUT2D eigenvalue weighted by Crippen LogP contribution is 2.41. The van der Waals surface area contributed by atoms with Gasteiger partial charge in [0.2, 0.25) is 10.0 Å². The van der Waals surface area contributed by atoms with Crippen molar-refractivity contribution in [1.82, 2.24) is 4.31 Å². The largest absolute Gasteiger partial charge is 0.391 e. The van der Waals surface area contributed by atoms with Crippen LogP contribution in [0.2, 0.25) is 0 Å². The first kappa shape index (κ1) is 22.1. The molecule has 0 radical (unpaired) electrons. The molecule has 1 saturated heterocycles. The maximum Gasteiger partial charge on any atom is 0.293 e. The maximum atomic E-state index is 13.3. The predicted octanol–water partition coefficient (Wildman–Crippen LogP) is 3.08. The van der Waals surface area contributed by atoms with Crippen molar-refractivity contribution in [3.63, 3.8) is 0 Å². The molecular weight excluding hydrogens is 413 g/mol. The van der Waals surface area contributed by atoms with Crippen LogP contribution in [0.15, 0.2) is 47.4 Å². The quantitative estimate of drug-likeness (QED) is 0.527. The van der Waals surface area contributed by atoms with E-state index >= 15 is 0 Å². The van der Waals surface area contributed by atoms with Crippen molar-refractivity contribution < 1.29 is 22.8 Å². The van der Waals surface area contributed by atoms with Gasteiger partial charge in [0.1, 0.15) is 11.5 Å². The van der Waals surface area contributed by atoms with Crippen LogP contribution in [-0.2, 0) is 10.0 Å². The van der Waals surface area contributed by atoms with Crippen molar-refractivity contribution in [3.8, 4) is 0 Å². The van der Waals surface area contributed by atoms with Gasteiger partial charge in [-0.2, -0.15) is 4.31 Å². The van der Waals surface area contributed by atoms with E-state index < -0.39 is 32.9 Å². The zero-order valence-electron chi connectivity index (χ0n) is 16.7. The van der Waals surface area contributed by atoms with Gasteiger partial charge in [0.15, 0.2) is 0 Å². The summed E-state index contributed by atoms with van der Waals surface area (Å²) in [6, 6.07) is 9.18. The van der Waals surface area contributed by atoms with Crippen LogP contribution in [0, 0.1) is 15.9 Å². The first-order chi connectivity index (χ1) is 14.2. The summed E-state index contributed by atoms with van der Waals surface area (Å²) in [7, 11) is -3.86. The Morgan fingerprint density at radius 3 is 2.40 bits per heavy atom. The van der Waals surface area contributed by atoms with Crippen LogP contribution in [0.5, 0.6) is 0 Å². The van der Waals surface area contributed by atoms with Crippen molar-refractivity contribution in [2.45, 2.75) is 37.3 Å². The molecular formula is C20H24FN3O5S. The van der Waals surface area contributed by atoms with Gasteiger partial charge in [-0.3, -0.25) is 10.1 Å². The molecule has 0 amide bonds. The first-order valence-electron chi connectivity index (χ1n) is 9.67. The molecule has 30 heavy (non-hydrogen) atoms. The number of aliphatic hydroxyl groups excluding tert-OH is 1. The monoisotopic (exact) mass is 437 g/mol. The van der Waals surface area contributed by atoms with Crippen LogP contribution >= 0.6 is 0 Å². The molecule has 8 nitrogen and oxygen atoms in total. The molecule has 2 aromatic carbocycles. The minimum atomic E-state index is -3.86. The van der Waals surface area contributed by atoms with Gasteiger partial charge in [-0.25, -0.2) is 12.8 Å². The Balaban J connectivity index is 2.06. The molecule has 0 aromatic heterocycles. The fourth-order valence-electron chi connectivity index (χ4n) is 3.85. The summed E-state index contributed by atoms with van der Waals surface area (Å²) >= 11 is 0. The molecule has 1 N–H and O–H groups in total. The van der Waals surface area contributed by atoms with Crippen LogP contribution in [0.25, 0.3) is 0 Å². The third kappa shape index (κ3) is 4.16. The summed E-state index contributed by atoms with van der Waals surface area (Å²) in [6.45, 7) is 4.04. The summed E-state index contributed by atoms with van der Waals surface area (Å²) in [6.07, 6.45) is -0.402. The Labute approximate surface area is 174 Å². The topological polar surface area (TPSA) is 104 Å². The molecule has 1 heterocycles. The highest BCUT2D eigenvalue weighted by molar-refractivity contribution is 7.89. The maximum absolute atomic E-state index is 13.3. The zero-order chi connectivity index (χ0) is 22.1. The second-order valence-corrected chi connectivity index (χ2v) is 9.04. The average Bonchev–Trinajstić information content (AvgIpc) is 3.10. The lowest BCUT2D eigenvalue weighted by Gasteiger charge is -2.27. The molecule has 0 spiro atoms. The molecule has 1 fully saturated rings. The van der Waals surface area contributed by atoms with Gasteiger partial charge in [-0.1, -0.05) is 26.0 Å². The van der Waals surface area contributed by atoms with E-state index in [4.69, 9.17) is 0 Å². The number of anilines is 1. The molecule has 162 valence electrons. The summed E-state index contributed by atoms with van der Waals surface area (Å²) < 4.78 is 40.1. The second kappa shape index (κ2) is 8.66. The Kier molecular flexibility index (Phi) is 6.39. The average molecular weight is 437 g/mol. The SMILES string of the molecule is CCN(CC)S(=O)(=O)c1ccc(N2CC(O)CC2c2ccc(F)cc2)c([N+](=O)[O-])c1. The number of aliphatic hydroxyl groups is 1. The fourth-order valence-corrected chi connectivity index (χ4v) is 5.32. The molecule has 0 aliphatic carbocycles. The van der Waals surface area contributed by atoms with Crippen molar-refractivity contribution in [2.24, 2.45) is 0 Å². The number of β-amino-alcohol motifs (C(OH)–C–C–N with tert-alkyl or cyclic N) is 1. The van der Waals surface area contributed by atoms with Gasteiger partial charge in [-0.15, -0.1) is 0 Å². The van der Waals surface area contributed by atoms with Crippen LogP contribution in [0.3, 0.4) is 0 Å². The zero-order valence-corrected chi connectivity index (χ0v) is 17.5. The summed E-state index contributed by atoms with van der Waals surface area (Å²) in [5, 5.41) is 22.0. The van der Waals surface area contributed by atoms with Gasteiger partial charge >= 0.3 is 0 Å². The number of nitrogens with zero attached hydrogens (tertiary/aromatic N) is 3. The lowest BCUT2D eigenvalue weighted by molar-refractivity contribution is -0.384. The number of hydrogen-bond acceptors (Lipinski definition) is 6. The molecule has 0 saturated carbocycles. The van der Waals surface area contributed by atoms with E-state index in [1.54, 1.807) is 30.9 Å². The summed E-state index contributed by atoms with van der Waals surface area (Å²) in [5.41, 5.74) is 0.566. The highest BCUT2D eigenvalue weighted by Gasteiger charge is 2.36. The molecule has 1 aliphatic rings. The lowest BCUT2D eigenvalue weighted by atomic mass is 10.0. The summed E-state index contributed by atoms with van der Waals surface area (Å²) in [5.74, 6) is -0.402. The molecule has 10 heteroatoms. The van der Waals surface area contributed by atoms with E-state index in [1.807, 2.05) is 0 Å². The second-order valence-electron chi connectivity index (χ2n) is 7.11. The Morgan fingerprint density at radius 2 is 1.83 bits per heavy atom. The highest BCUT2D eigenvalue weighted by atomic mass is 32.2. The van der Waals surface area contributed by atoms with Gasteiger partial charge < -0.3 is 10.0 Å². The third-order valence-corrected chi connectivity index (χ3v) is 7.38. The number of nitro benzene ring substituents is 1. The Bertz CT molecular complexity index is 1030. The molecule has 3 rings (SSSR count). The van der Waals surface area contributed by atoms with Crippen molar-refractivity contribution in [3.05, 3.63) is 64.0 Å². The first-order valence-corrected chi connectivity index (χ1v) is 11.1. The van der Waals surface area contributed by atoms with Crippen molar-refractivity contribution >= 4 is 21.4 Å². The standard InChI is InChI=1S/C20H24FN3O5S/c1-3-22(4-2)30(28,29)17-9-10-18(20(12-17)24(26)27)23-13-16(25)11-19(23)14-5-7-15(21)8-6-14/h5-10,12,16,19,25H,3-4,11,13H2,1-2H3. The lowest BCUT2D eigenvalue weighted by Crippen LogP contribution is -2.31. The molecule has 0 bridgehead atoms. The molecule has 1 aliphatic heterocycles. The fraction of sp³-hybridized carbons (Fsp3) is 0.400. The number of hydrogen-bond donors (Lipinski definition) is 1. The van der Waals surface area contributed by atoms with Crippen molar-refractivity contribution in [2.75, 3.05) is 24.5 Å². The van der Waals surface area contributed by atoms with E-state index in [9.17, 15) is 28.0 Å². The number of halogens is 1. The van der Waals surface area contributed by atoms with Gasteiger partial charge in [-0.05, 0) is 36.2 Å². The number of benzene rings is 2. The van der Waals surface area contributed by atoms with E-state index in [-0.39, 0.29) is 35.9 Å². The minimum absolute atomic E-state index is 0.144. The third-order valence-electron chi connectivity index (χ3n) is 5.33. The number of rotatable bonds is 7. The summed E-state index contributed by atoms with van der Waals surface area (Å²) in [4.78, 5) is 12.7. The normalized spacial score (nSPS) is 19.4. The van der Waals surface area contributed by atoms with Crippen LogP contribution in [-0.4, -0.2) is 48.5 Å². The van der Waals surface area contributed by atoms with Gasteiger partial charge in [0.25, 0.3) is 5.69 Å². The molecule has 2 unspecified atom stereocenters. The van der Waals surface area contributed by atoms with Crippen LogP contribution in [0.1, 0.15) is 31.9 Å². The van der Waals surface area contributed by atoms with E-state index in [0.717, 1.165) is 6.07 Å². The van der Waals surface area contributed by atoms with Crippen LogP contribution in [0.4, 0.5) is 15.8 Å². The Hall–Kier alpha value is -2.56. The Morgan fingerprint density at radius 1 is 1.20 bits per heavy atom. The minimum Gasteiger partial charge on any atom is -0.391 e. The van der Waals surface area contributed by atoms with Gasteiger partial charge in [0.05, 0.1) is 22.0 Å². The molecule has 2 aromatic rings. The number of nitro groups is 1. The van der Waals surface area contributed by atoms with E-state index in [1.165, 1.54) is 28.6 Å². The van der Waals surface area contributed by atoms with Crippen molar-refractivity contribution in [1.29, 1.82) is 0 Å². The van der Waals surface area contributed by atoms with Crippen LogP contribution < -0.4 is 4.90 Å². The molecule has 2 atom stereocenters. The number of sulfonamides is 1. The van der Waals surface area contributed by atoms with Gasteiger partial charge in [0, 0.05) is 25.7 Å². The predicted molar refractivity (Wildman–Crippen MR) is 110 cm³/mol. The van der Waals surface area contributed by atoms with E-state index in [0.29, 0.717) is 12.0 Å². The van der Waals surface area contributed by atoms with E-state index in [2.05, 4.69) is 0 Å². The smallest absolute Gasteiger partial charge is 0.293 e.